The van der Waals surface area contributed by atoms with Crippen LogP contribution in [0.25, 0.3) is 0 Å². The molecule has 0 spiro atoms. The maximum Gasteiger partial charge on any atom is 0.358 e. The highest BCUT2D eigenvalue weighted by atomic mass is 35.5. The van der Waals surface area contributed by atoms with Crippen molar-refractivity contribution in [2.45, 2.75) is 10.6 Å². The third-order valence-electron chi connectivity index (χ3n) is 2.12. The number of rotatable bonds is 4. The fraction of sp³-hybridized carbons (Fsp3) is 0.0909. The van der Waals surface area contributed by atoms with Gasteiger partial charge in [0.1, 0.15) is 5.76 Å². The van der Waals surface area contributed by atoms with E-state index in [2.05, 4.69) is 5.16 Å². The van der Waals surface area contributed by atoms with Gasteiger partial charge in [0.2, 0.25) is 0 Å². The first-order valence-corrected chi connectivity index (χ1v) is 6.29. The fourth-order valence-electron chi connectivity index (χ4n) is 1.28. The first kappa shape index (κ1) is 12.8. The quantitative estimate of drug-likeness (QED) is 0.663. The minimum absolute atomic E-state index is 0.102. The van der Waals surface area contributed by atoms with Gasteiger partial charge in [0.25, 0.3) is 0 Å². The molecular formula is C11H9ClN2O3S. The Hall–Kier alpha value is -1.66. The standard InChI is InChI=1S/C11H9ClN2O3S/c12-6-1-2-10(8(13)3-6)18-5-7-4-9(11(15)16)14-17-7/h1-4H,5,13H2,(H,15,16). The van der Waals surface area contributed by atoms with Crippen LogP contribution in [-0.2, 0) is 5.75 Å². The van der Waals surface area contributed by atoms with Crippen molar-refractivity contribution in [2.24, 2.45) is 0 Å². The Morgan fingerprint density at radius 3 is 2.89 bits per heavy atom. The van der Waals surface area contributed by atoms with Crippen LogP contribution in [-0.4, -0.2) is 16.2 Å². The largest absolute Gasteiger partial charge is 0.476 e. The molecular weight excluding hydrogens is 276 g/mol. The first-order chi connectivity index (χ1) is 8.56. The third kappa shape index (κ3) is 2.96. The molecule has 1 aromatic heterocycles. The molecule has 2 rings (SSSR count). The predicted molar refractivity (Wildman–Crippen MR) is 68.9 cm³/mol. The number of carbonyl (C=O) groups is 1. The summed E-state index contributed by atoms with van der Waals surface area (Å²) in [5.74, 6) is -0.181. The molecule has 0 saturated heterocycles. The van der Waals surface area contributed by atoms with Crippen molar-refractivity contribution in [2.75, 3.05) is 5.73 Å². The Labute approximate surface area is 112 Å². The predicted octanol–water partition coefficient (Wildman–Crippen LogP) is 2.90. The van der Waals surface area contributed by atoms with E-state index in [4.69, 9.17) is 27.0 Å². The van der Waals surface area contributed by atoms with Crippen LogP contribution in [0.3, 0.4) is 0 Å². The van der Waals surface area contributed by atoms with E-state index < -0.39 is 5.97 Å². The number of carboxylic acid groups (broad SMARTS) is 1. The molecule has 18 heavy (non-hydrogen) atoms. The van der Waals surface area contributed by atoms with E-state index in [0.717, 1.165) is 4.90 Å². The summed E-state index contributed by atoms with van der Waals surface area (Å²) in [4.78, 5) is 11.5. The second-order valence-corrected chi connectivity index (χ2v) is 4.91. The molecule has 0 aliphatic carbocycles. The average molecular weight is 285 g/mol. The highest BCUT2D eigenvalue weighted by molar-refractivity contribution is 7.98. The molecule has 7 heteroatoms. The van der Waals surface area contributed by atoms with E-state index in [1.165, 1.54) is 17.8 Å². The van der Waals surface area contributed by atoms with Crippen LogP contribution < -0.4 is 5.73 Å². The topological polar surface area (TPSA) is 89.4 Å². The molecule has 0 aliphatic rings. The summed E-state index contributed by atoms with van der Waals surface area (Å²) < 4.78 is 4.89. The second-order valence-electron chi connectivity index (χ2n) is 3.45. The summed E-state index contributed by atoms with van der Waals surface area (Å²) in [6, 6.07) is 6.59. The lowest BCUT2D eigenvalue weighted by atomic mass is 10.3. The van der Waals surface area contributed by atoms with E-state index in [-0.39, 0.29) is 5.69 Å². The second kappa shape index (κ2) is 5.32. The van der Waals surface area contributed by atoms with Crippen LogP contribution in [0.5, 0.6) is 0 Å². The molecule has 94 valence electrons. The number of hydrogen-bond donors (Lipinski definition) is 2. The molecule has 0 radical (unpaired) electrons. The number of nitrogens with two attached hydrogens (primary N) is 1. The van der Waals surface area contributed by atoms with Crippen molar-refractivity contribution in [1.29, 1.82) is 0 Å². The molecule has 0 saturated carbocycles. The zero-order valence-corrected chi connectivity index (χ0v) is 10.7. The van der Waals surface area contributed by atoms with Gasteiger partial charge >= 0.3 is 5.97 Å². The zero-order chi connectivity index (χ0) is 13.1. The van der Waals surface area contributed by atoms with Gasteiger partial charge in [-0.25, -0.2) is 4.79 Å². The molecule has 0 amide bonds. The Bertz CT molecular complexity index is 585. The maximum absolute atomic E-state index is 10.6. The Morgan fingerprint density at radius 2 is 2.28 bits per heavy atom. The van der Waals surface area contributed by atoms with Crippen LogP contribution in [0.2, 0.25) is 5.02 Å². The lowest BCUT2D eigenvalue weighted by Gasteiger charge is -2.03. The van der Waals surface area contributed by atoms with Crippen LogP contribution in [0.4, 0.5) is 5.69 Å². The maximum atomic E-state index is 10.6. The molecule has 5 nitrogen and oxygen atoms in total. The average Bonchev–Trinajstić information content (AvgIpc) is 2.76. The smallest absolute Gasteiger partial charge is 0.358 e. The van der Waals surface area contributed by atoms with Crippen molar-refractivity contribution in [3.8, 4) is 0 Å². The Kier molecular flexibility index (Phi) is 3.78. The van der Waals surface area contributed by atoms with Gasteiger partial charge in [0.05, 0.1) is 5.75 Å². The molecule has 0 bridgehead atoms. The van der Waals surface area contributed by atoms with E-state index in [0.29, 0.717) is 22.2 Å². The number of halogens is 1. The van der Waals surface area contributed by atoms with E-state index >= 15 is 0 Å². The minimum Gasteiger partial charge on any atom is -0.476 e. The van der Waals surface area contributed by atoms with Gasteiger partial charge in [0, 0.05) is 21.7 Å². The van der Waals surface area contributed by atoms with E-state index in [1.807, 2.05) is 0 Å². The van der Waals surface area contributed by atoms with E-state index in [9.17, 15) is 4.79 Å². The monoisotopic (exact) mass is 284 g/mol. The van der Waals surface area contributed by atoms with Crippen LogP contribution in [0, 0.1) is 0 Å². The molecule has 0 unspecified atom stereocenters. The van der Waals surface area contributed by atoms with Crippen LogP contribution in [0.15, 0.2) is 33.7 Å². The molecule has 1 aromatic carbocycles. The SMILES string of the molecule is Nc1cc(Cl)ccc1SCc1cc(C(=O)O)no1. The first-order valence-electron chi connectivity index (χ1n) is 4.93. The summed E-state index contributed by atoms with van der Waals surface area (Å²) >= 11 is 7.21. The summed E-state index contributed by atoms with van der Waals surface area (Å²) in [5.41, 5.74) is 6.27. The molecule has 2 aromatic rings. The van der Waals surface area contributed by atoms with E-state index in [1.54, 1.807) is 18.2 Å². The number of aromatic carboxylic acids is 1. The highest BCUT2D eigenvalue weighted by Gasteiger charge is 2.11. The van der Waals surface area contributed by atoms with Crippen molar-refractivity contribution in [3.63, 3.8) is 0 Å². The van der Waals surface area contributed by atoms with Gasteiger partial charge in [-0.05, 0) is 18.2 Å². The van der Waals surface area contributed by atoms with Crippen LogP contribution >= 0.6 is 23.4 Å². The summed E-state index contributed by atoms with van der Waals surface area (Å²) in [6.45, 7) is 0. The molecule has 1 heterocycles. The number of aromatic nitrogens is 1. The summed E-state index contributed by atoms with van der Waals surface area (Å²) in [7, 11) is 0. The van der Waals surface area contributed by atoms with Crippen molar-refractivity contribution in [1.82, 2.24) is 5.16 Å². The van der Waals surface area contributed by atoms with Crippen molar-refractivity contribution in [3.05, 3.63) is 40.7 Å². The van der Waals surface area contributed by atoms with Gasteiger partial charge < -0.3 is 15.4 Å². The number of nitrogen functional groups attached to an aromatic ring is 1. The molecule has 0 fully saturated rings. The Balaban J connectivity index is 2.04. The van der Waals surface area contributed by atoms with Crippen LogP contribution in [0.1, 0.15) is 16.2 Å². The van der Waals surface area contributed by atoms with Gasteiger partial charge in [-0.2, -0.15) is 0 Å². The molecule has 0 atom stereocenters. The van der Waals surface area contributed by atoms with Gasteiger partial charge in [-0.15, -0.1) is 11.8 Å². The number of nitrogens with zero attached hydrogens (tertiary/aromatic N) is 1. The van der Waals surface area contributed by atoms with Gasteiger partial charge in [-0.1, -0.05) is 16.8 Å². The Morgan fingerprint density at radius 1 is 1.50 bits per heavy atom. The molecule has 0 aliphatic heterocycles. The number of thioether (sulfide) groups is 1. The summed E-state index contributed by atoms with van der Waals surface area (Å²) in [5, 5.41) is 12.7. The lowest BCUT2D eigenvalue weighted by molar-refractivity contribution is 0.0685. The van der Waals surface area contributed by atoms with Gasteiger partial charge in [0.15, 0.2) is 5.69 Å². The number of anilines is 1. The highest BCUT2D eigenvalue weighted by Crippen LogP contribution is 2.30. The normalized spacial score (nSPS) is 10.5. The van der Waals surface area contributed by atoms with Gasteiger partial charge in [-0.3, -0.25) is 0 Å². The zero-order valence-electron chi connectivity index (χ0n) is 9.09. The number of carboxylic acids is 1. The number of benzene rings is 1. The fourth-order valence-corrected chi connectivity index (χ4v) is 2.29. The molecule has 3 N–H and O–H groups in total. The third-order valence-corrected chi connectivity index (χ3v) is 3.47. The summed E-state index contributed by atoms with van der Waals surface area (Å²) in [6.07, 6.45) is 0. The van der Waals surface area contributed by atoms with Crippen molar-refractivity contribution >= 4 is 35.0 Å². The van der Waals surface area contributed by atoms with Crippen molar-refractivity contribution < 1.29 is 14.4 Å². The number of hydrogen-bond acceptors (Lipinski definition) is 5. The minimum atomic E-state index is -1.11. The lowest BCUT2D eigenvalue weighted by Crippen LogP contribution is -1.94.